The van der Waals surface area contributed by atoms with Gasteiger partial charge < -0.3 is 9.47 Å². The van der Waals surface area contributed by atoms with Gasteiger partial charge in [0.25, 0.3) is 0 Å². The molecule has 0 bridgehead atoms. The van der Waals surface area contributed by atoms with E-state index in [9.17, 15) is 4.79 Å². The smallest absolute Gasteiger partial charge is 0.338 e. The number of esters is 1. The average molecular weight is 563 g/mol. The van der Waals surface area contributed by atoms with E-state index >= 15 is 0 Å². The minimum absolute atomic E-state index is 0.00439. The van der Waals surface area contributed by atoms with E-state index in [1.807, 2.05) is 24.3 Å². The minimum atomic E-state index is -0.194. The van der Waals surface area contributed by atoms with Gasteiger partial charge in [-0.25, -0.2) is 4.79 Å². The van der Waals surface area contributed by atoms with Crippen LogP contribution in [-0.4, -0.2) is 18.7 Å². The molecule has 0 unspecified atom stereocenters. The molecule has 0 aliphatic heterocycles. The summed E-state index contributed by atoms with van der Waals surface area (Å²) in [5.74, 6) is 5.75. The predicted octanol–water partition coefficient (Wildman–Crippen LogP) is 10.4. The van der Waals surface area contributed by atoms with E-state index in [4.69, 9.17) is 9.47 Å². The van der Waals surface area contributed by atoms with Crippen molar-refractivity contribution in [1.29, 1.82) is 0 Å². The lowest BCUT2D eigenvalue weighted by atomic mass is 9.47. The number of hydrogen-bond acceptors (Lipinski definition) is 3. The lowest BCUT2D eigenvalue weighted by Crippen LogP contribution is -2.51. The first-order valence-electron chi connectivity index (χ1n) is 17.3. The maximum atomic E-state index is 13.0. The first kappa shape index (κ1) is 30.7. The van der Waals surface area contributed by atoms with Crippen LogP contribution in [0.25, 0.3) is 0 Å². The Morgan fingerprint density at radius 1 is 0.951 bits per heavy atom. The standard InChI is InChI=1S/C38H58O3/c1-7-8-24-40-30-15-12-28(13-16-30)36(39)41-31-20-22-37(5)29(25-31)14-17-32-34-19-18-33(27(4)11-9-10-26(2)3)38(34,6)23-21-35(32)37/h12-16,26-27,31-35H,7-11,17-25H2,1-6H3/t27-,31-,32-,33+,34-,35-,37-,38+/m0/s1. The van der Waals surface area contributed by atoms with Crippen LogP contribution in [0.4, 0.5) is 0 Å². The molecular weight excluding hydrogens is 504 g/mol. The second-order valence-electron chi connectivity index (χ2n) is 15.3. The fourth-order valence-electron chi connectivity index (χ4n) is 9.99. The summed E-state index contributed by atoms with van der Waals surface area (Å²) in [5.41, 5.74) is 3.03. The third-order valence-corrected chi connectivity index (χ3v) is 12.4. The number of unbranched alkanes of at least 4 members (excludes halogenated alkanes) is 1. The van der Waals surface area contributed by atoms with E-state index in [-0.39, 0.29) is 17.5 Å². The molecule has 0 N–H and O–H groups in total. The fourth-order valence-corrected chi connectivity index (χ4v) is 9.99. The first-order chi connectivity index (χ1) is 19.7. The SMILES string of the molecule is CCCCOc1ccc(C(=O)O[C@H]2CC[C@@]3(C)C(=CC[C@H]4[C@@H]5CC[C@H]([C@@H](C)CCCC(C)C)[C@@]5(C)CC[C@@H]43)C2)cc1. The molecular formula is C38H58O3. The number of rotatable bonds is 11. The summed E-state index contributed by atoms with van der Waals surface area (Å²) in [4.78, 5) is 13.0. The van der Waals surface area contributed by atoms with E-state index in [1.165, 1.54) is 51.4 Å². The number of carbonyl (C=O) groups excluding carboxylic acids is 1. The Morgan fingerprint density at radius 2 is 1.73 bits per heavy atom. The molecule has 228 valence electrons. The largest absolute Gasteiger partial charge is 0.494 e. The lowest BCUT2D eigenvalue weighted by molar-refractivity contribution is -0.0594. The summed E-state index contributed by atoms with van der Waals surface area (Å²) in [6.45, 7) is 15.4. The van der Waals surface area contributed by atoms with E-state index in [0.717, 1.165) is 80.0 Å². The van der Waals surface area contributed by atoms with E-state index in [2.05, 4.69) is 47.6 Å². The molecule has 3 heteroatoms. The lowest BCUT2D eigenvalue weighted by Gasteiger charge is -2.58. The molecule has 0 saturated heterocycles. The minimum Gasteiger partial charge on any atom is -0.494 e. The second kappa shape index (κ2) is 12.8. The van der Waals surface area contributed by atoms with Gasteiger partial charge in [-0.05, 0) is 122 Å². The Balaban J connectivity index is 1.19. The van der Waals surface area contributed by atoms with Gasteiger partial charge in [-0.3, -0.25) is 0 Å². The Bertz CT molecular complexity index is 1060. The number of ether oxygens (including phenoxy) is 2. The highest BCUT2D eigenvalue weighted by Crippen LogP contribution is 2.67. The molecule has 1 aromatic carbocycles. The fraction of sp³-hybridized carbons (Fsp3) is 0.763. The molecule has 1 aromatic rings. The van der Waals surface area contributed by atoms with Crippen LogP contribution >= 0.6 is 0 Å². The van der Waals surface area contributed by atoms with Crippen LogP contribution in [0.15, 0.2) is 35.9 Å². The molecule has 0 heterocycles. The van der Waals surface area contributed by atoms with Crippen LogP contribution in [0, 0.1) is 46.3 Å². The molecule has 3 saturated carbocycles. The molecule has 4 aliphatic rings. The molecule has 5 rings (SSSR count). The van der Waals surface area contributed by atoms with Crippen LogP contribution in [0.2, 0.25) is 0 Å². The first-order valence-corrected chi connectivity index (χ1v) is 17.3. The van der Waals surface area contributed by atoms with Crippen LogP contribution in [0.3, 0.4) is 0 Å². The predicted molar refractivity (Wildman–Crippen MR) is 169 cm³/mol. The van der Waals surface area contributed by atoms with Crippen molar-refractivity contribution >= 4 is 5.97 Å². The number of hydrogen-bond donors (Lipinski definition) is 0. The quantitative estimate of drug-likeness (QED) is 0.153. The summed E-state index contributed by atoms with van der Waals surface area (Å²) in [7, 11) is 0. The van der Waals surface area contributed by atoms with Gasteiger partial charge in [0.1, 0.15) is 11.9 Å². The van der Waals surface area contributed by atoms with Gasteiger partial charge in [0.05, 0.1) is 12.2 Å². The average Bonchev–Trinajstić information content (AvgIpc) is 3.31. The number of carbonyl (C=O) groups is 1. The summed E-state index contributed by atoms with van der Waals surface area (Å²) < 4.78 is 11.9. The Kier molecular flexibility index (Phi) is 9.61. The summed E-state index contributed by atoms with van der Waals surface area (Å²) in [5, 5.41) is 0. The van der Waals surface area contributed by atoms with Gasteiger partial charge >= 0.3 is 5.97 Å². The van der Waals surface area contributed by atoms with Crippen LogP contribution in [-0.2, 0) is 4.74 Å². The number of fused-ring (bicyclic) bond motifs is 5. The van der Waals surface area contributed by atoms with Crippen molar-refractivity contribution in [2.45, 2.75) is 131 Å². The monoisotopic (exact) mass is 562 g/mol. The third-order valence-electron chi connectivity index (χ3n) is 12.4. The highest BCUT2D eigenvalue weighted by molar-refractivity contribution is 5.89. The summed E-state index contributed by atoms with van der Waals surface area (Å²) in [6, 6.07) is 7.48. The van der Waals surface area contributed by atoms with Crippen molar-refractivity contribution in [2.75, 3.05) is 6.61 Å². The third kappa shape index (κ3) is 6.30. The summed E-state index contributed by atoms with van der Waals surface area (Å²) in [6.07, 6.45) is 18.9. The molecule has 0 amide bonds. The molecule has 41 heavy (non-hydrogen) atoms. The maximum Gasteiger partial charge on any atom is 0.338 e. The van der Waals surface area contributed by atoms with Gasteiger partial charge in [0, 0.05) is 6.42 Å². The molecule has 0 radical (unpaired) electrons. The second-order valence-corrected chi connectivity index (χ2v) is 15.3. The molecule has 8 atom stereocenters. The highest BCUT2D eigenvalue weighted by Gasteiger charge is 2.59. The molecule has 0 spiro atoms. The van der Waals surface area contributed by atoms with Crippen molar-refractivity contribution in [3.05, 3.63) is 41.5 Å². The van der Waals surface area contributed by atoms with Gasteiger partial charge in [0.15, 0.2) is 0 Å². The van der Waals surface area contributed by atoms with Crippen molar-refractivity contribution in [2.24, 2.45) is 46.3 Å². The van der Waals surface area contributed by atoms with E-state index < -0.39 is 0 Å². The molecule has 3 fully saturated rings. The maximum absolute atomic E-state index is 13.0. The number of allylic oxidation sites excluding steroid dienone is 1. The normalized spacial score (nSPS) is 35.2. The summed E-state index contributed by atoms with van der Waals surface area (Å²) >= 11 is 0. The Hall–Kier alpha value is -1.77. The zero-order chi connectivity index (χ0) is 29.2. The topological polar surface area (TPSA) is 35.5 Å². The zero-order valence-electron chi connectivity index (χ0n) is 27.1. The van der Waals surface area contributed by atoms with Gasteiger partial charge in [0.2, 0.25) is 0 Å². The van der Waals surface area contributed by atoms with Crippen molar-refractivity contribution in [3.63, 3.8) is 0 Å². The molecule has 3 nitrogen and oxygen atoms in total. The molecule has 4 aliphatic carbocycles. The van der Waals surface area contributed by atoms with Crippen molar-refractivity contribution in [1.82, 2.24) is 0 Å². The Morgan fingerprint density at radius 3 is 2.46 bits per heavy atom. The molecule has 0 aromatic heterocycles. The van der Waals surface area contributed by atoms with Crippen LogP contribution in [0.5, 0.6) is 5.75 Å². The van der Waals surface area contributed by atoms with Crippen LogP contribution in [0.1, 0.15) is 135 Å². The highest BCUT2D eigenvalue weighted by atomic mass is 16.5. The van der Waals surface area contributed by atoms with E-state index in [1.54, 1.807) is 5.57 Å². The van der Waals surface area contributed by atoms with Crippen molar-refractivity contribution in [3.8, 4) is 5.75 Å². The van der Waals surface area contributed by atoms with Gasteiger partial charge in [-0.15, -0.1) is 0 Å². The van der Waals surface area contributed by atoms with Gasteiger partial charge in [-0.1, -0.05) is 78.9 Å². The van der Waals surface area contributed by atoms with Gasteiger partial charge in [-0.2, -0.15) is 0 Å². The van der Waals surface area contributed by atoms with Crippen molar-refractivity contribution < 1.29 is 14.3 Å². The van der Waals surface area contributed by atoms with Crippen LogP contribution < -0.4 is 4.74 Å². The zero-order valence-corrected chi connectivity index (χ0v) is 27.1. The Labute approximate surface area is 251 Å². The van der Waals surface area contributed by atoms with E-state index in [0.29, 0.717) is 11.0 Å². The number of benzene rings is 1.